The molecule has 0 fully saturated rings. The van der Waals surface area contributed by atoms with Gasteiger partial charge in [-0.1, -0.05) is 17.7 Å². The lowest BCUT2D eigenvalue weighted by Gasteiger charge is -2.10. The van der Waals surface area contributed by atoms with Gasteiger partial charge in [-0.15, -0.1) is 23.1 Å². The fraction of sp³-hybridized carbons (Fsp3) is 0.286. The molecule has 0 radical (unpaired) electrons. The van der Waals surface area contributed by atoms with Gasteiger partial charge in [0.15, 0.2) is 5.13 Å². The van der Waals surface area contributed by atoms with E-state index in [4.69, 9.17) is 0 Å². The van der Waals surface area contributed by atoms with Crippen LogP contribution >= 0.6 is 23.1 Å². The zero-order valence-electron chi connectivity index (χ0n) is 11.1. The summed E-state index contributed by atoms with van der Waals surface area (Å²) in [7, 11) is 0. The van der Waals surface area contributed by atoms with Crippen LogP contribution in [0.15, 0.2) is 34.5 Å². The Morgan fingerprint density at radius 2 is 2.00 bits per heavy atom. The van der Waals surface area contributed by atoms with Crippen molar-refractivity contribution < 1.29 is 4.79 Å². The van der Waals surface area contributed by atoms with Crippen molar-refractivity contribution in [2.75, 3.05) is 5.32 Å². The molecular weight excluding hydrogens is 276 g/mol. The average Bonchev–Trinajstić information content (AvgIpc) is 2.77. The topological polar surface area (TPSA) is 42.0 Å². The third-order valence-electron chi connectivity index (χ3n) is 2.55. The predicted molar refractivity (Wildman–Crippen MR) is 82.0 cm³/mol. The maximum absolute atomic E-state index is 12.0. The highest BCUT2D eigenvalue weighted by Crippen LogP contribution is 2.25. The van der Waals surface area contributed by atoms with Gasteiger partial charge in [0, 0.05) is 10.3 Å². The summed E-state index contributed by atoms with van der Waals surface area (Å²) in [5.74, 6) is -0.0140. The van der Waals surface area contributed by atoms with Crippen molar-refractivity contribution in [2.45, 2.75) is 30.9 Å². The summed E-state index contributed by atoms with van der Waals surface area (Å²) in [6.45, 7) is 5.87. The highest BCUT2D eigenvalue weighted by molar-refractivity contribution is 8.00. The van der Waals surface area contributed by atoms with Crippen LogP contribution in [0.5, 0.6) is 0 Å². The van der Waals surface area contributed by atoms with Gasteiger partial charge in [-0.05, 0) is 32.9 Å². The minimum Gasteiger partial charge on any atom is -0.301 e. The zero-order chi connectivity index (χ0) is 13.8. The number of benzene rings is 1. The molecule has 0 saturated carbocycles. The summed E-state index contributed by atoms with van der Waals surface area (Å²) in [4.78, 5) is 17.4. The molecule has 3 nitrogen and oxygen atoms in total. The van der Waals surface area contributed by atoms with Crippen molar-refractivity contribution in [3.8, 4) is 0 Å². The number of aryl methyl sites for hydroxylation is 2. The van der Waals surface area contributed by atoms with Crippen LogP contribution in [0.4, 0.5) is 5.13 Å². The van der Waals surface area contributed by atoms with E-state index in [1.165, 1.54) is 16.9 Å². The van der Waals surface area contributed by atoms with E-state index in [1.807, 2.05) is 31.4 Å². The predicted octanol–water partition coefficient (Wildman–Crippen LogP) is 3.88. The number of amides is 1. The number of anilines is 1. The van der Waals surface area contributed by atoms with E-state index in [0.717, 1.165) is 10.6 Å². The Balaban J connectivity index is 1.94. The third kappa shape index (κ3) is 4.08. The number of nitrogens with one attached hydrogen (secondary N) is 1. The summed E-state index contributed by atoms with van der Waals surface area (Å²) in [5, 5.41) is 5.29. The number of carbonyl (C=O) groups is 1. The number of carbonyl (C=O) groups excluding carboxylic acids is 1. The fourth-order valence-electron chi connectivity index (χ4n) is 1.49. The smallest absolute Gasteiger partial charge is 0.239 e. The van der Waals surface area contributed by atoms with E-state index in [0.29, 0.717) is 5.13 Å². The SMILES string of the molecule is Cc1ccc(S[C@H](C)C(=O)Nc2nc(C)cs2)cc1. The molecule has 2 rings (SSSR count). The maximum atomic E-state index is 12.0. The van der Waals surface area contributed by atoms with Crippen LogP contribution in [0, 0.1) is 13.8 Å². The van der Waals surface area contributed by atoms with Crippen molar-refractivity contribution >= 4 is 34.1 Å². The van der Waals surface area contributed by atoms with Crippen LogP contribution in [0.25, 0.3) is 0 Å². The van der Waals surface area contributed by atoms with E-state index in [1.54, 1.807) is 11.8 Å². The first-order valence-electron chi connectivity index (χ1n) is 6.01. The molecule has 0 aliphatic heterocycles. The van der Waals surface area contributed by atoms with Crippen molar-refractivity contribution in [1.29, 1.82) is 0 Å². The Labute approximate surface area is 121 Å². The highest BCUT2D eigenvalue weighted by Gasteiger charge is 2.15. The van der Waals surface area contributed by atoms with Crippen LogP contribution in [0.3, 0.4) is 0 Å². The van der Waals surface area contributed by atoms with E-state index in [9.17, 15) is 4.79 Å². The lowest BCUT2D eigenvalue weighted by Crippen LogP contribution is -2.22. The van der Waals surface area contributed by atoms with Gasteiger partial charge in [0.05, 0.1) is 10.9 Å². The van der Waals surface area contributed by atoms with Crippen molar-refractivity contribution in [2.24, 2.45) is 0 Å². The summed E-state index contributed by atoms with van der Waals surface area (Å²) < 4.78 is 0. The van der Waals surface area contributed by atoms with Gasteiger partial charge in [0.2, 0.25) is 5.91 Å². The third-order valence-corrected chi connectivity index (χ3v) is 4.54. The number of rotatable bonds is 4. The van der Waals surface area contributed by atoms with Gasteiger partial charge >= 0.3 is 0 Å². The molecule has 2 aromatic rings. The van der Waals surface area contributed by atoms with Gasteiger partial charge in [-0.3, -0.25) is 4.79 Å². The average molecular weight is 292 g/mol. The van der Waals surface area contributed by atoms with E-state index in [-0.39, 0.29) is 11.2 Å². The van der Waals surface area contributed by atoms with Gasteiger partial charge in [-0.25, -0.2) is 4.98 Å². The summed E-state index contributed by atoms with van der Waals surface area (Å²) in [6, 6.07) is 8.18. The lowest BCUT2D eigenvalue weighted by atomic mass is 10.2. The molecule has 1 aromatic carbocycles. The Morgan fingerprint density at radius 3 is 2.58 bits per heavy atom. The van der Waals surface area contributed by atoms with E-state index >= 15 is 0 Å². The molecule has 1 amide bonds. The molecule has 1 atom stereocenters. The second kappa shape index (κ2) is 6.21. The number of hydrogen-bond acceptors (Lipinski definition) is 4. The van der Waals surface area contributed by atoms with Crippen molar-refractivity contribution in [3.05, 3.63) is 40.9 Å². The summed E-state index contributed by atoms with van der Waals surface area (Å²) in [6.07, 6.45) is 0. The second-order valence-electron chi connectivity index (χ2n) is 4.36. The zero-order valence-corrected chi connectivity index (χ0v) is 12.8. The van der Waals surface area contributed by atoms with E-state index in [2.05, 4.69) is 29.4 Å². The van der Waals surface area contributed by atoms with Gasteiger partial charge in [0.25, 0.3) is 0 Å². The highest BCUT2D eigenvalue weighted by atomic mass is 32.2. The van der Waals surface area contributed by atoms with Crippen LogP contribution in [-0.4, -0.2) is 16.1 Å². The molecule has 1 N–H and O–H groups in total. The first kappa shape index (κ1) is 14.1. The first-order valence-corrected chi connectivity index (χ1v) is 7.77. The minimum atomic E-state index is -0.146. The summed E-state index contributed by atoms with van der Waals surface area (Å²) in [5.41, 5.74) is 2.15. The number of hydrogen-bond donors (Lipinski definition) is 1. The number of nitrogens with zero attached hydrogens (tertiary/aromatic N) is 1. The quantitative estimate of drug-likeness (QED) is 0.870. The van der Waals surface area contributed by atoms with Crippen LogP contribution in [0.1, 0.15) is 18.2 Å². The Morgan fingerprint density at radius 1 is 1.32 bits per heavy atom. The molecule has 0 spiro atoms. The van der Waals surface area contributed by atoms with Crippen molar-refractivity contribution in [3.63, 3.8) is 0 Å². The van der Waals surface area contributed by atoms with Crippen LogP contribution in [0.2, 0.25) is 0 Å². The van der Waals surface area contributed by atoms with Gasteiger partial charge in [0.1, 0.15) is 0 Å². The minimum absolute atomic E-state index is 0.0140. The molecule has 0 bridgehead atoms. The van der Waals surface area contributed by atoms with Crippen LogP contribution in [-0.2, 0) is 4.79 Å². The molecule has 19 heavy (non-hydrogen) atoms. The first-order chi connectivity index (χ1) is 9.04. The number of thioether (sulfide) groups is 1. The Kier molecular flexibility index (Phi) is 4.61. The molecule has 5 heteroatoms. The lowest BCUT2D eigenvalue weighted by molar-refractivity contribution is -0.115. The maximum Gasteiger partial charge on any atom is 0.239 e. The fourth-order valence-corrected chi connectivity index (χ4v) is 3.05. The Bertz CT molecular complexity index is 563. The number of aromatic nitrogens is 1. The molecular formula is C14H16N2OS2. The van der Waals surface area contributed by atoms with Gasteiger partial charge in [-0.2, -0.15) is 0 Å². The molecule has 100 valence electrons. The normalized spacial score (nSPS) is 12.2. The second-order valence-corrected chi connectivity index (χ2v) is 6.63. The monoisotopic (exact) mass is 292 g/mol. The van der Waals surface area contributed by atoms with Crippen molar-refractivity contribution in [1.82, 2.24) is 4.98 Å². The molecule has 0 saturated heterocycles. The number of thiazole rings is 1. The molecule has 0 unspecified atom stereocenters. The molecule has 1 heterocycles. The standard InChI is InChI=1S/C14H16N2OS2/c1-9-4-6-12(7-5-9)19-11(3)13(17)16-14-15-10(2)8-18-14/h4-8,11H,1-3H3,(H,15,16,17)/t11-/m1/s1. The molecule has 1 aromatic heterocycles. The Hall–Kier alpha value is -1.33. The van der Waals surface area contributed by atoms with Crippen LogP contribution < -0.4 is 5.32 Å². The molecule has 0 aliphatic rings. The molecule has 0 aliphatic carbocycles. The largest absolute Gasteiger partial charge is 0.301 e. The van der Waals surface area contributed by atoms with E-state index < -0.39 is 0 Å². The van der Waals surface area contributed by atoms with Gasteiger partial charge < -0.3 is 5.32 Å². The summed E-state index contributed by atoms with van der Waals surface area (Å²) >= 11 is 3.00.